The fraction of sp³-hybridized carbons (Fsp3) is 0.526. The van der Waals surface area contributed by atoms with E-state index in [0.717, 1.165) is 5.56 Å². The zero-order valence-electron chi connectivity index (χ0n) is 15.3. The van der Waals surface area contributed by atoms with Gasteiger partial charge >= 0.3 is 0 Å². The summed E-state index contributed by atoms with van der Waals surface area (Å²) in [6.45, 7) is 10.3. The second-order valence-electron chi connectivity index (χ2n) is 7.64. The first-order chi connectivity index (χ1) is 10.9. The van der Waals surface area contributed by atoms with Crippen LogP contribution in [0.15, 0.2) is 40.8 Å². The van der Waals surface area contributed by atoms with Gasteiger partial charge in [-0.25, -0.2) is 8.42 Å². The van der Waals surface area contributed by atoms with E-state index in [-0.39, 0.29) is 34.1 Å². The zero-order valence-corrected chi connectivity index (χ0v) is 16.1. The van der Waals surface area contributed by atoms with Crippen molar-refractivity contribution in [3.8, 4) is 0 Å². The van der Waals surface area contributed by atoms with Crippen molar-refractivity contribution in [2.24, 2.45) is 17.3 Å². The van der Waals surface area contributed by atoms with Crippen LogP contribution < -0.4 is 5.32 Å². The predicted octanol–water partition coefficient (Wildman–Crippen LogP) is 3.51. The molecule has 0 aromatic heterocycles. The average Bonchev–Trinajstić information content (AvgIpc) is 2.98. The molecule has 4 nitrogen and oxygen atoms in total. The highest BCUT2D eigenvalue weighted by atomic mass is 32.2. The van der Waals surface area contributed by atoms with Gasteiger partial charge in [-0.3, -0.25) is 4.79 Å². The van der Waals surface area contributed by atoms with E-state index < -0.39 is 9.84 Å². The van der Waals surface area contributed by atoms with Crippen LogP contribution >= 0.6 is 0 Å². The fourth-order valence-electron chi connectivity index (χ4n) is 3.24. The van der Waals surface area contributed by atoms with Gasteiger partial charge < -0.3 is 5.32 Å². The molecule has 2 rings (SSSR count). The topological polar surface area (TPSA) is 63.2 Å². The molecule has 1 aliphatic carbocycles. The van der Waals surface area contributed by atoms with E-state index in [1.54, 1.807) is 24.3 Å². The van der Waals surface area contributed by atoms with E-state index in [1.807, 2.05) is 6.92 Å². The van der Waals surface area contributed by atoms with E-state index in [9.17, 15) is 13.2 Å². The highest BCUT2D eigenvalue weighted by molar-refractivity contribution is 7.90. The molecule has 1 N–H and O–H groups in total. The molecule has 1 amide bonds. The third-order valence-electron chi connectivity index (χ3n) is 4.87. The van der Waals surface area contributed by atoms with Crippen LogP contribution in [-0.4, -0.2) is 20.6 Å². The van der Waals surface area contributed by atoms with Gasteiger partial charge in [-0.15, -0.1) is 0 Å². The Bertz CT molecular complexity index is 756. The maximum absolute atomic E-state index is 12.6. The monoisotopic (exact) mass is 349 g/mol. The lowest BCUT2D eigenvalue weighted by Gasteiger charge is -2.15. The van der Waals surface area contributed by atoms with Gasteiger partial charge in [0.25, 0.3) is 0 Å². The van der Waals surface area contributed by atoms with Gasteiger partial charge in [0.2, 0.25) is 5.91 Å². The number of hydrogen-bond acceptors (Lipinski definition) is 3. The predicted molar refractivity (Wildman–Crippen MR) is 96.3 cm³/mol. The Kier molecular flexibility index (Phi) is 4.96. The number of nitrogens with one attached hydrogen (secondary N) is 1. The van der Waals surface area contributed by atoms with Crippen LogP contribution in [0.2, 0.25) is 0 Å². The molecule has 1 aliphatic rings. The van der Waals surface area contributed by atoms with Crippen molar-refractivity contribution in [3.63, 3.8) is 0 Å². The van der Waals surface area contributed by atoms with Crippen LogP contribution in [0.3, 0.4) is 0 Å². The third kappa shape index (κ3) is 3.89. The molecule has 1 aromatic rings. The normalized spacial score (nSPS) is 23.2. The van der Waals surface area contributed by atoms with E-state index >= 15 is 0 Å². The Morgan fingerprint density at radius 1 is 1.21 bits per heavy atom. The number of allylic oxidation sites excluding steroid dienone is 2. The molecule has 0 aliphatic heterocycles. The number of sulfone groups is 1. The number of carbonyl (C=O) groups is 1. The molecular weight excluding hydrogens is 322 g/mol. The molecule has 132 valence electrons. The van der Waals surface area contributed by atoms with Crippen LogP contribution in [0.5, 0.6) is 0 Å². The molecular formula is C19H27NO3S. The largest absolute Gasteiger partial charge is 0.349 e. The number of benzene rings is 1. The first kappa shape index (κ1) is 18.7. The van der Waals surface area contributed by atoms with Crippen LogP contribution in [0.1, 0.15) is 46.2 Å². The van der Waals surface area contributed by atoms with Gasteiger partial charge in [0.05, 0.1) is 16.9 Å². The van der Waals surface area contributed by atoms with Gasteiger partial charge in [-0.1, -0.05) is 37.6 Å². The smallest absolute Gasteiger partial charge is 0.224 e. The second kappa shape index (κ2) is 6.36. The van der Waals surface area contributed by atoms with E-state index in [1.165, 1.54) is 11.8 Å². The zero-order chi connectivity index (χ0) is 18.3. The Morgan fingerprint density at radius 3 is 2.21 bits per heavy atom. The van der Waals surface area contributed by atoms with Crippen LogP contribution in [0.25, 0.3) is 0 Å². The molecule has 1 saturated carbocycles. The molecule has 1 fully saturated rings. The van der Waals surface area contributed by atoms with Crippen molar-refractivity contribution in [3.05, 3.63) is 41.5 Å². The molecule has 0 bridgehead atoms. The summed E-state index contributed by atoms with van der Waals surface area (Å²) in [5.74, 6) is 0.328. The third-order valence-corrected chi connectivity index (χ3v) is 6.00. The molecule has 1 aromatic carbocycles. The molecule has 0 heterocycles. The number of carbonyl (C=O) groups excluding carboxylic acids is 1. The van der Waals surface area contributed by atoms with Crippen molar-refractivity contribution in [2.45, 2.75) is 45.6 Å². The molecule has 0 spiro atoms. The lowest BCUT2D eigenvalue weighted by molar-refractivity contribution is -0.123. The Morgan fingerprint density at radius 2 is 1.75 bits per heavy atom. The van der Waals surface area contributed by atoms with Gasteiger partial charge in [-0.05, 0) is 49.8 Å². The number of amides is 1. The Hall–Kier alpha value is -1.62. The van der Waals surface area contributed by atoms with Crippen LogP contribution in [-0.2, 0) is 14.6 Å². The van der Waals surface area contributed by atoms with Crippen molar-refractivity contribution in [1.82, 2.24) is 5.32 Å². The standard InChI is InChI=1S/C19H27NO3S/c1-12(2)11-16-17(19(16,4)5)18(21)20-13(3)14-7-9-15(10-8-14)24(6,22)23/h7-11,13,16-17H,1-6H3,(H,20,21)/t13-,16-,17-/m1/s1. The molecule has 5 heteroatoms. The van der Waals surface area contributed by atoms with Gasteiger partial charge in [0.15, 0.2) is 9.84 Å². The molecule has 3 atom stereocenters. The Balaban J connectivity index is 2.06. The quantitative estimate of drug-likeness (QED) is 0.828. The first-order valence-corrected chi connectivity index (χ1v) is 10.1. The minimum atomic E-state index is -3.20. The van der Waals surface area contributed by atoms with Crippen LogP contribution in [0, 0.1) is 17.3 Å². The van der Waals surface area contributed by atoms with Crippen molar-refractivity contribution in [2.75, 3.05) is 6.26 Å². The minimum absolute atomic E-state index is 0.00913. The second-order valence-corrected chi connectivity index (χ2v) is 9.66. The van der Waals surface area contributed by atoms with Crippen molar-refractivity contribution < 1.29 is 13.2 Å². The SMILES string of the molecule is CC(C)=C[C@@H]1[C@H](C(=O)N[C@H](C)c2ccc(S(C)(=O)=O)cc2)C1(C)C. The van der Waals surface area contributed by atoms with Crippen LogP contribution in [0.4, 0.5) is 0 Å². The fourth-order valence-corrected chi connectivity index (χ4v) is 3.87. The van der Waals surface area contributed by atoms with Crippen molar-refractivity contribution >= 4 is 15.7 Å². The summed E-state index contributed by atoms with van der Waals surface area (Å²) in [4.78, 5) is 12.9. The summed E-state index contributed by atoms with van der Waals surface area (Å²) in [5.41, 5.74) is 2.11. The van der Waals surface area contributed by atoms with Gasteiger partial charge in [0, 0.05) is 6.26 Å². The lowest BCUT2D eigenvalue weighted by Crippen LogP contribution is -2.29. The van der Waals surface area contributed by atoms with E-state index in [0.29, 0.717) is 0 Å². The summed E-state index contributed by atoms with van der Waals surface area (Å²) in [6, 6.07) is 6.52. The molecule has 0 saturated heterocycles. The summed E-state index contributed by atoms with van der Waals surface area (Å²) in [7, 11) is -3.20. The van der Waals surface area contributed by atoms with Gasteiger partial charge in [-0.2, -0.15) is 0 Å². The summed E-state index contributed by atoms with van der Waals surface area (Å²) >= 11 is 0. The summed E-state index contributed by atoms with van der Waals surface area (Å²) in [6.07, 6.45) is 3.36. The van der Waals surface area contributed by atoms with E-state index in [4.69, 9.17) is 0 Å². The average molecular weight is 349 g/mol. The number of rotatable bonds is 5. The maximum Gasteiger partial charge on any atom is 0.224 e. The maximum atomic E-state index is 12.6. The highest BCUT2D eigenvalue weighted by Gasteiger charge is 2.60. The molecule has 0 radical (unpaired) electrons. The first-order valence-electron chi connectivity index (χ1n) is 8.20. The lowest BCUT2D eigenvalue weighted by atomic mass is 10.1. The molecule has 0 unspecified atom stereocenters. The number of hydrogen-bond donors (Lipinski definition) is 1. The van der Waals surface area contributed by atoms with Crippen molar-refractivity contribution in [1.29, 1.82) is 0 Å². The minimum Gasteiger partial charge on any atom is -0.349 e. The summed E-state index contributed by atoms with van der Waals surface area (Å²) in [5, 5.41) is 3.06. The highest BCUT2D eigenvalue weighted by Crippen LogP contribution is 2.59. The van der Waals surface area contributed by atoms with E-state index in [2.05, 4.69) is 39.1 Å². The Labute approximate surface area is 145 Å². The van der Waals surface area contributed by atoms with Gasteiger partial charge in [0.1, 0.15) is 0 Å². The summed E-state index contributed by atoms with van der Waals surface area (Å²) < 4.78 is 23.0. The molecule has 24 heavy (non-hydrogen) atoms.